The SMILES string of the molecule is COCCOCO[C@@H]([C@H](C)[C@@H](O)[C@]1(C)CO1)[C@@H](C)c1ccc(OC)cc1. The van der Waals surface area contributed by atoms with Crippen LogP contribution in [0, 0.1) is 5.92 Å². The zero-order chi connectivity index (χ0) is 19.2. The number of benzene rings is 1. The summed E-state index contributed by atoms with van der Waals surface area (Å²) in [7, 11) is 3.28. The lowest BCUT2D eigenvalue weighted by Crippen LogP contribution is -2.42. The van der Waals surface area contributed by atoms with Crippen LogP contribution < -0.4 is 4.74 Å². The molecule has 1 aliphatic heterocycles. The van der Waals surface area contributed by atoms with Crippen LogP contribution in [0.2, 0.25) is 0 Å². The molecule has 5 atom stereocenters. The zero-order valence-corrected chi connectivity index (χ0v) is 16.4. The average Bonchev–Trinajstić information content (AvgIpc) is 3.42. The molecule has 0 aliphatic carbocycles. The van der Waals surface area contributed by atoms with Gasteiger partial charge in [-0.15, -0.1) is 0 Å². The molecule has 1 aromatic carbocycles. The van der Waals surface area contributed by atoms with Gasteiger partial charge in [-0.3, -0.25) is 0 Å². The van der Waals surface area contributed by atoms with E-state index in [0.29, 0.717) is 19.8 Å². The smallest absolute Gasteiger partial charge is 0.147 e. The van der Waals surface area contributed by atoms with E-state index in [1.165, 1.54) is 0 Å². The molecule has 0 bridgehead atoms. The number of aliphatic hydroxyl groups excluding tert-OH is 1. The molecule has 1 saturated heterocycles. The summed E-state index contributed by atoms with van der Waals surface area (Å²) in [6, 6.07) is 7.93. The summed E-state index contributed by atoms with van der Waals surface area (Å²) in [6.45, 7) is 7.75. The van der Waals surface area contributed by atoms with Gasteiger partial charge in [-0.2, -0.15) is 0 Å². The lowest BCUT2D eigenvalue weighted by atomic mass is 9.81. The van der Waals surface area contributed by atoms with E-state index in [1.807, 2.05) is 38.1 Å². The standard InChI is InChI=1S/C20H32O6/c1-14(16-6-8-17(23-5)9-7-16)18(25-13-24-11-10-22-4)15(2)19(21)20(3)12-26-20/h6-9,14-15,18-19,21H,10-13H2,1-5H3/t14-,15-,18+,19+,20-/m0/s1. The Morgan fingerprint density at radius 1 is 1.15 bits per heavy atom. The van der Waals surface area contributed by atoms with Crippen LogP contribution in [-0.4, -0.2) is 63.7 Å². The van der Waals surface area contributed by atoms with Crippen LogP contribution in [-0.2, 0) is 18.9 Å². The van der Waals surface area contributed by atoms with Gasteiger partial charge >= 0.3 is 0 Å². The zero-order valence-electron chi connectivity index (χ0n) is 16.4. The topological polar surface area (TPSA) is 69.7 Å². The van der Waals surface area contributed by atoms with Crippen molar-refractivity contribution in [3.05, 3.63) is 29.8 Å². The minimum Gasteiger partial charge on any atom is -0.497 e. The minimum absolute atomic E-state index is 0.0685. The van der Waals surface area contributed by atoms with Crippen LogP contribution in [0.3, 0.4) is 0 Å². The highest BCUT2D eigenvalue weighted by atomic mass is 16.7. The van der Waals surface area contributed by atoms with E-state index in [4.69, 9.17) is 23.7 Å². The monoisotopic (exact) mass is 368 g/mol. The van der Waals surface area contributed by atoms with E-state index < -0.39 is 11.7 Å². The Labute approximate surface area is 156 Å². The van der Waals surface area contributed by atoms with Crippen molar-refractivity contribution in [1.82, 2.24) is 0 Å². The number of aliphatic hydroxyl groups is 1. The maximum absolute atomic E-state index is 10.7. The van der Waals surface area contributed by atoms with Gasteiger partial charge in [0.1, 0.15) is 18.1 Å². The summed E-state index contributed by atoms with van der Waals surface area (Å²) in [4.78, 5) is 0. The molecule has 2 rings (SSSR count). The van der Waals surface area contributed by atoms with Crippen LogP contribution in [0.4, 0.5) is 0 Å². The molecular formula is C20H32O6. The van der Waals surface area contributed by atoms with E-state index in [0.717, 1.165) is 11.3 Å². The highest BCUT2D eigenvalue weighted by Gasteiger charge is 2.50. The van der Waals surface area contributed by atoms with Gasteiger partial charge in [-0.1, -0.05) is 26.0 Å². The molecule has 0 saturated carbocycles. The number of methoxy groups -OCH3 is 2. The Bertz CT molecular complexity index is 528. The van der Waals surface area contributed by atoms with Crippen molar-refractivity contribution in [1.29, 1.82) is 0 Å². The van der Waals surface area contributed by atoms with Crippen LogP contribution >= 0.6 is 0 Å². The number of rotatable bonds is 12. The lowest BCUT2D eigenvalue weighted by Gasteiger charge is -2.34. The minimum atomic E-state index is -0.604. The molecule has 0 unspecified atom stereocenters. The van der Waals surface area contributed by atoms with Crippen LogP contribution in [0.15, 0.2) is 24.3 Å². The van der Waals surface area contributed by atoms with Gasteiger partial charge in [0.25, 0.3) is 0 Å². The van der Waals surface area contributed by atoms with E-state index >= 15 is 0 Å². The third-order valence-electron chi connectivity index (χ3n) is 5.15. The fourth-order valence-electron chi connectivity index (χ4n) is 3.20. The molecule has 1 aromatic rings. The Hall–Kier alpha value is -1.18. The normalized spacial score (nSPS) is 23.9. The van der Waals surface area contributed by atoms with Gasteiger partial charge in [-0.25, -0.2) is 0 Å². The van der Waals surface area contributed by atoms with Crippen molar-refractivity contribution in [2.75, 3.05) is 40.8 Å². The van der Waals surface area contributed by atoms with Crippen molar-refractivity contribution >= 4 is 0 Å². The number of epoxide rings is 1. The van der Waals surface area contributed by atoms with Crippen molar-refractivity contribution in [3.63, 3.8) is 0 Å². The molecule has 0 aromatic heterocycles. The van der Waals surface area contributed by atoms with Gasteiger partial charge in [0.05, 0.1) is 39.1 Å². The largest absolute Gasteiger partial charge is 0.497 e. The molecule has 0 radical (unpaired) electrons. The van der Waals surface area contributed by atoms with Crippen LogP contribution in [0.1, 0.15) is 32.3 Å². The van der Waals surface area contributed by atoms with E-state index in [1.54, 1.807) is 14.2 Å². The summed E-state index contributed by atoms with van der Waals surface area (Å²) < 4.78 is 27.2. The van der Waals surface area contributed by atoms with Gasteiger partial charge in [0.2, 0.25) is 0 Å². The maximum atomic E-state index is 10.7. The Balaban J connectivity index is 2.06. The summed E-state index contributed by atoms with van der Waals surface area (Å²) in [5, 5.41) is 10.7. The first-order valence-corrected chi connectivity index (χ1v) is 9.07. The predicted octanol–water partition coefficient (Wildman–Crippen LogP) is 2.59. The molecule has 1 heterocycles. The molecule has 6 heteroatoms. The highest BCUT2D eigenvalue weighted by Crippen LogP contribution is 2.38. The van der Waals surface area contributed by atoms with Crippen LogP contribution in [0.25, 0.3) is 0 Å². The van der Waals surface area contributed by atoms with E-state index in [2.05, 4.69) is 6.92 Å². The van der Waals surface area contributed by atoms with Gasteiger partial charge in [0, 0.05) is 18.9 Å². The molecule has 1 fully saturated rings. The van der Waals surface area contributed by atoms with Gasteiger partial charge in [0.15, 0.2) is 0 Å². The fraction of sp³-hybridized carbons (Fsp3) is 0.700. The van der Waals surface area contributed by atoms with Crippen molar-refractivity contribution < 1.29 is 28.8 Å². The predicted molar refractivity (Wildman–Crippen MR) is 98.5 cm³/mol. The first-order valence-electron chi connectivity index (χ1n) is 9.07. The number of ether oxygens (including phenoxy) is 5. The summed E-state index contributed by atoms with van der Waals surface area (Å²) in [5.41, 5.74) is 0.644. The molecular weight excluding hydrogens is 336 g/mol. The molecule has 1 N–H and O–H groups in total. The third-order valence-corrected chi connectivity index (χ3v) is 5.15. The first-order chi connectivity index (χ1) is 12.4. The van der Waals surface area contributed by atoms with Crippen LogP contribution in [0.5, 0.6) is 5.75 Å². The highest BCUT2D eigenvalue weighted by molar-refractivity contribution is 5.30. The molecule has 6 nitrogen and oxygen atoms in total. The van der Waals surface area contributed by atoms with Crippen molar-refractivity contribution in [2.24, 2.45) is 5.92 Å². The average molecular weight is 368 g/mol. The Morgan fingerprint density at radius 2 is 1.81 bits per heavy atom. The number of hydrogen-bond acceptors (Lipinski definition) is 6. The molecule has 1 aliphatic rings. The fourth-order valence-corrected chi connectivity index (χ4v) is 3.20. The second-order valence-electron chi connectivity index (χ2n) is 7.12. The maximum Gasteiger partial charge on any atom is 0.147 e. The molecule has 0 spiro atoms. The van der Waals surface area contributed by atoms with Crippen molar-refractivity contribution in [3.8, 4) is 5.75 Å². The molecule has 148 valence electrons. The quantitative estimate of drug-likeness (QED) is 0.347. The first kappa shape index (κ1) is 21.1. The van der Waals surface area contributed by atoms with E-state index in [9.17, 15) is 5.11 Å². The Kier molecular flexibility index (Phi) is 7.85. The van der Waals surface area contributed by atoms with Crippen molar-refractivity contribution in [2.45, 2.75) is 44.5 Å². The lowest BCUT2D eigenvalue weighted by molar-refractivity contribution is -0.136. The van der Waals surface area contributed by atoms with Gasteiger partial charge in [-0.05, 0) is 24.6 Å². The third kappa shape index (κ3) is 5.41. The second-order valence-corrected chi connectivity index (χ2v) is 7.12. The molecule has 0 amide bonds. The summed E-state index contributed by atoms with van der Waals surface area (Å²) >= 11 is 0. The molecule has 26 heavy (non-hydrogen) atoms. The second kappa shape index (κ2) is 9.67. The summed E-state index contributed by atoms with van der Waals surface area (Å²) in [6.07, 6.45) is -0.825. The van der Waals surface area contributed by atoms with Gasteiger partial charge < -0.3 is 28.8 Å². The van der Waals surface area contributed by atoms with E-state index in [-0.39, 0.29) is 24.7 Å². The number of hydrogen-bond donors (Lipinski definition) is 1. The Morgan fingerprint density at radius 3 is 2.35 bits per heavy atom. The summed E-state index contributed by atoms with van der Waals surface area (Å²) in [5.74, 6) is 0.762.